The number of amides is 1. The average Bonchev–Trinajstić information content (AvgIpc) is 2.28. The van der Waals surface area contributed by atoms with E-state index in [4.69, 9.17) is 5.11 Å². The largest absolute Gasteiger partial charge is 0.396 e. The van der Waals surface area contributed by atoms with E-state index in [2.05, 4.69) is 10.3 Å². The van der Waals surface area contributed by atoms with Gasteiger partial charge in [0.25, 0.3) is 5.91 Å². The highest BCUT2D eigenvalue weighted by molar-refractivity contribution is 5.94. The predicted octanol–water partition coefficient (Wildman–Crippen LogP) is 1.75. The van der Waals surface area contributed by atoms with Crippen LogP contribution in [0.25, 0.3) is 0 Å². The molecular formula is C13H19FN2O2. The summed E-state index contributed by atoms with van der Waals surface area (Å²) >= 11 is 0. The van der Waals surface area contributed by atoms with Gasteiger partial charge in [0.05, 0.1) is 5.56 Å². The molecule has 100 valence electrons. The second-order valence-corrected chi connectivity index (χ2v) is 5.27. The van der Waals surface area contributed by atoms with Gasteiger partial charge in [-0.15, -0.1) is 0 Å². The molecule has 0 aliphatic rings. The van der Waals surface area contributed by atoms with Crippen molar-refractivity contribution in [3.8, 4) is 0 Å². The molecule has 0 radical (unpaired) electrons. The van der Waals surface area contributed by atoms with Crippen molar-refractivity contribution in [2.24, 2.45) is 5.41 Å². The normalized spacial score (nSPS) is 13.2. The lowest BCUT2D eigenvalue weighted by molar-refractivity contribution is 0.0884. The SMILES string of the molecule is CC(C)(C)C(CCO)NC(=O)c1ccc(F)nc1. The summed E-state index contributed by atoms with van der Waals surface area (Å²) in [6.07, 6.45) is 1.67. The van der Waals surface area contributed by atoms with Gasteiger partial charge in [0.1, 0.15) is 0 Å². The van der Waals surface area contributed by atoms with Crippen LogP contribution in [-0.4, -0.2) is 28.6 Å². The summed E-state index contributed by atoms with van der Waals surface area (Å²) in [5.74, 6) is -0.926. The van der Waals surface area contributed by atoms with E-state index in [0.29, 0.717) is 12.0 Å². The van der Waals surface area contributed by atoms with E-state index in [1.165, 1.54) is 12.3 Å². The fourth-order valence-corrected chi connectivity index (χ4v) is 1.60. The Hall–Kier alpha value is -1.49. The minimum atomic E-state index is -0.616. The average molecular weight is 254 g/mol. The van der Waals surface area contributed by atoms with E-state index in [1.54, 1.807) is 0 Å². The Kier molecular flexibility index (Phi) is 4.78. The zero-order valence-electron chi connectivity index (χ0n) is 10.9. The number of hydrogen-bond acceptors (Lipinski definition) is 3. The van der Waals surface area contributed by atoms with E-state index in [9.17, 15) is 9.18 Å². The van der Waals surface area contributed by atoms with Crippen molar-refractivity contribution >= 4 is 5.91 Å². The van der Waals surface area contributed by atoms with Crippen molar-refractivity contribution in [1.29, 1.82) is 0 Å². The van der Waals surface area contributed by atoms with Gasteiger partial charge in [0.2, 0.25) is 5.95 Å². The van der Waals surface area contributed by atoms with Crippen molar-refractivity contribution in [3.05, 3.63) is 29.8 Å². The minimum absolute atomic E-state index is 0.00385. The molecule has 0 fully saturated rings. The highest BCUT2D eigenvalue weighted by Crippen LogP contribution is 2.21. The molecular weight excluding hydrogens is 235 g/mol. The molecule has 0 spiro atoms. The van der Waals surface area contributed by atoms with E-state index < -0.39 is 5.95 Å². The van der Waals surface area contributed by atoms with Crippen LogP contribution in [0.1, 0.15) is 37.6 Å². The Bertz CT molecular complexity index is 398. The summed E-state index contributed by atoms with van der Waals surface area (Å²) in [5, 5.41) is 11.8. The summed E-state index contributed by atoms with van der Waals surface area (Å²) in [7, 11) is 0. The van der Waals surface area contributed by atoms with Gasteiger partial charge in [-0.05, 0) is 24.0 Å². The molecule has 0 saturated carbocycles. The Morgan fingerprint density at radius 1 is 1.50 bits per heavy atom. The number of hydrogen-bond donors (Lipinski definition) is 2. The summed E-state index contributed by atoms with van der Waals surface area (Å²) in [5.41, 5.74) is 0.148. The van der Waals surface area contributed by atoms with E-state index in [-0.39, 0.29) is 24.0 Å². The molecule has 1 heterocycles. The first-order valence-corrected chi connectivity index (χ1v) is 5.88. The molecule has 0 bridgehead atoms. The van der Waals surface area contributed by atoms with Gasteiger partial charge in [-0.25, -0.2) is 4.98 Å². The number of aliphatic hydroxyl groups is 1. The molecule has 1 aromatic rings. The summed E-state index contributed by atoms with van der Waals surface area (Å²) in [4.78, 5) is 15.4. The zero-order chi connectivity index (χ0) is 13.8. The van der Waals surface area contributed by atoms with Crippen LogP contribution in [0.4, 0.5) is 4.39 Å². The van der Waals surface area contributed by atoms with Crippen molar-refractivity contribution in [1.82, 2.24) is 10.3 Å². The van der Waals surface area contributed by atoms with Gasteiger partial charge < -0.3 is 10.4 Å². The van der Waals surface area contributed by atoms with Crippen molar-refractivity contribution in [2.75, 3.05) is 6.61 Å². The summed E-state index contributed by atoms with van der Waals surface area (Å²) in [6.45, 7) is 5.95. The highest BCUT2D eigenvalue weighted by Gasteiger charge is 2.26. The van der Waals surface area contributed by atoms with Crippen LogP contribution < -0.4 is 5.32 Å². The maximum absolute atomic E-state index is 12.6. The van der Waals surface area contributed by atoms with Gasteiger partial charge in [-0.1, -0.05) is 20.8 Å². The van der Waals surface area contributed by atoms with Crippen molar-refractivity contribution < 1.29 is 14.3 Å². The molecule has 1 atom stereocenters. The second-order valence-electron chi connectivity index (χ2n) is 5.27. The molecule has 0 aliphatic carbocycles. The molecule has 1 amide bonds. The van der Waals surface area contributed by atoms with Gasteiger partial charge in [-0.2, -0.15) is 4.39 Å². The van der Waals surface area contributed by atoms with Crippen LogP contribution in [0.15, 0.2) is 18.3 Å². The number of nitrogens with one attached hydrogen (secondary N) is 1. The Labute approximate surface area is 106 Å². The lowest BCUT2D eigenvalue weighted by Crippen LogP contribution is -2.44. The van der Waals surface area contributed by atoms with Crippen molar-refractivity contribution in [2.45, 2.75) is 33.2 Å². The molecule has 5 heteroatoms. The van der Waals surface area contributed by atoms with Crippen LogP contribution in [0.2, 0.25) is 0 Å². The monoisotopic (exact) mass is 254 g/mol. The van der Waals surface area contributed by atoms with Gasteiger partial charge >= 0.3 is 0 Å². The number of rotatable bonds is 4. The summed E-state index contributed by atoms with van der Waals surface area (Å²) < 4.78 is 12.6. The third-order valence-electron chi connectivity index (χ3n) is 2.76. The van der Waals surface area contributed by atoms with E-state index in [1.807, 2.05) is 20.8 Å². The third-order valence-corrected chi connectivity index (χ3v) is 2.76. The van der Waals surface area contributed by atoms with E-state index >= 15 is 0 Å². The molecule has 2 N–H and O–H groups in total. The first-order chi connectivity index (χ1) is 8.34. The number of aliphatic hydroxyl groups excluding tert-OH is 1. The number of carbonyl (C=O) groups is 1. The first-order valence-electron chi connectivity index (χ1n) is 5.88. The smallest absolute Gasteiger partial charge is 0.253 e. The van der Waals surface area contributed by atoms with E-state index in [0.717, 1.165) is 6.07 Å². The molecule has 1 rings (SSSR count). The standard InChI is InChI=1S/C13H19FN2O2/c1-13(2,3)10(6-7-17)16-12(18)9-4-5-11(14)15-8-9/h4-5,8,10,17H,6-7H2,1-3H3,(H,16,18). The topological polar surface area (TPSA) is 62.2 Å². The molecule has 4 nitrogen and oxygen atoms in total. The fourth-order valence-electron chi connectivity index (χ4n) is 1.60. The quantitative estimate of drug-likeness (QED) is 0.805. The van der Waals surface area contributed by atoms with Gasteiger partial charge in [0.15, 0.2) is 0 Å². The molecule has 18 heavy (non-hydrogen) atoms. The maximum atomic E-state index is 12.6. The maximum Gasteiger partial charge on any atom is 0.253 e. The molecule has 0 aromatic carbocycles. The number of halogens is 1. The second kappa shape index (κ2) is 5.91. The first kappa shape index (κ1) is 14.6. The third kappa shape index (κ3) is 4.07. The number of pyridine rings is 1. The zero-order valence-corrected chi connectivity index (χ0v) is 10.9. The number of aromatic nitrogens is 1. The van der Waals surface area contributed by atoms with Crippen molar-refractivity contribution in [3.63, 3.8) is 0 Å². The Balaban J connectivity index is 2.75. The van der Waals surface area contributed by atoms with Crippen LogP contribution >= 0.6 is 0 Å². The van der Waals surface area contributed by atoms with Crippen LogP contribution in [-0.2, 0) is 0 Å². The van der Waals surface area contributed by atoms with Crippen LogP contribution in [0.3, 0.4) is 0 Å². The molecule has 0 aliphatic heterocycles. The highest BCUT2D eigenvalue weighted by atomic mass is 19.1. The molecule has 1 unspecified atom stereocenters. The molecule has 1 aromatic heterocycles. The predicted molar refractivity (Wildman–Crippen MR) is 66.6 cm³/mol. The number of nitrogens with zero attached hydrogens (tertiary/aromatic N) is 1. The fraction of sp³-hybridized carbons (Fsp3) is 0.538. The Morgan fingerprint density at radius 2 is 2.17 bits per heavy atom. The molecule has 0 saturated heterocycles. The van der Waals surface area contributed by atoms with Crippen LogP contribution in [0.5, 0.6) is 0 Å². The minimum Gasteiger partial charge on any atom is -0.396 e. The summed E-state index contributed by atoms with van der Waals surface area (Å²) in [6, 6.07) is 2.38. The number of carbonyl (C=O) groups excluding carboxylic acids is 1. The lowest BCUT2D eigenvalue weighted by Gasteiger charge is -2.31. The lowest BCUT2D eigenvalue weighted by atomic mass is 9.85. The van der Waals surface area contributed by atoms with Crippen LogP contribution in [0, 0.1) is 11.4 Å². The van der Waals surface area contributed by atoms with Gasteiger partial charge in [-0.3, -0.25) is 4.79 Å². The Morgan fingerprint density at radius 3 is 2.61 bits per heavy atom. The van der Waals surface area contributed by atoms with Gasteiger partial charge in [0, 0.05) is 18.8 Å².